The zero-order valence-corrected chi connectivity index (χ0v) is 14.3. The van der Waals surface area contributed by atoms with E-state index >= 15 is 0 Å². The number of carbonyl (C=O) groups is 1. The Kier molecular flexibility index (Phi) is 4.26. The van der Waals surface area contributed by atoms with E-state index in [9.17, 15) is 4.79 Å². The number of hydrogen-bond donors (Lipinski definition) is 2. The van der Waals surface area contributed by atoms with Crippen molar-refractivity contribution in [1.29, 1.82) is 0 Å². The van der Waals surface area contributed by atoms with Crippen molar-refractivity contribution in [3.63, 3.8) is 0 Å². The number of aromatic amines is 1. The van der Waals surface area contributed by atoms with Gasteiger partial charge in [0.15, 0.2) is 11.5 Å². The molecule has 0 bridgehead atoms. The lowest BCUT2D eigenvalue weighted by atomic mass is 10.2. The summed E-state index contributed by atoms with van der Waals surface area (Å²) in [5.74, 6) is 1.21. The van der Waals surface area contributed by atoms with Gasteiger partial charge < -0.3 is 10.2 Å². The zero-order chi connectivity index (χ0) is 17.9. The second-order valence-electron chi connectivity index (χ2n) is 6.17. The molecule has 132 valence electrons. The maximum Gasteiger partial charge on any atom is 0.276 e. The van der Waals surface area contributed by atoms with Gasteiger partial charge in [-0.3, -0.25) is 9.78 Å². The monoisotopic (exact) mass is 350 g/mol. The lowest BCUT2D eigenvalue weighted by molar-refractivity contribution is 0.0785. The Morgan fingerprint density at radius 2 is 2.27 bits per heavy atom. The Morgan fingerprint density at radius 3 is 3.04 bits per heavy atom. The van der Waals surface area contributed by atoms with Gasteiger partial charge in [-0.15, -0.1) is 0 Å². The highest BCUT2D eigenvalue weighted by Gasteiger charge is 2.28. The molecule has 4 rings (SSSR count). The first kappa shape index (κ1) is 16.1. The van der Waals surface area contributed by atoms with Crippen LogP contribution < -0.4 is 5.32 Å². The first-order chi connectivity index (χ1) is 12.7. The molecule has 0 spiro atoms. The highest BCUT2D eigenvalue weighted by atomic mass is 16.2. The SMILES string of the molecule is Cc1cc(N[C@@H]2CCN(C(=O)c3cn[nH]n3)C2)nc(-c2ccccn2)n1. The predicted octanol–water partition coefficient (Wildman–Crippen LogP) is 1.29. The maximum atomic E-state index is 12.3. The number of aryl methyl sites for hydroxylation is 1. The summed E-state index contributed by atoms with van der Waals surface area (Å²) in [4.78, 5) is 27.4. The summed E-state index contributed by atoms with van der Waals surface area (Å²) in [6.45, 7) is 3.18. The Bertz CT molecular complexity index is 896. The fraction of sp³-hybridized carbons (Fsp3) is 0.294. The second-order valence-corrected chi connectivity index (χ2v) is 6.17. The summed E-state index contributed by atoms with van der Waals surface area (Å²) in [5.41, 5.74) is 1.92. The van der Waals surface area contributed by atoms with Crippen LogP contribution in [0.4, 0.5) is 5.82 Å². The number of rotatable bonds is 4. The number of pyridine rings is 1. The van der Waals surface area contributed by atoms with Crippen molar-refractivity contribution in [3.05, 3.63) is 48.0 Å². The minimum Gasteiger partial charge on any atom is -0.365 e. The Balaban J connectivity index is 1.46. The standard InChI is InChI=1S/C17H18N8O/c1-11-8-15(22-16(20-11)13-4-2-3-6-18-13)21-12-5-7-25(10-12)17(26)14-9-19-24-23-14/h2-4,6,8-9,12H,5,7,10H2,1H3,(H,19,23,24)(H,20,21,22)/t12-/m1/s1. The third-order valence-corrected chi connectivity index (χ3v) is 4.21. The van der Waals surface area contributed by atoms with Crippen LogP contribution in [-0.4, -0.2) is 60.3 Å². The van der Waals surface area contributed by atoms with Gasteiger partial charge in [-0.25, -0.2) is 9.97 Å². The summed E-state index contributed by atoms with van der Waals surface area (Å²) in [6.07, 6.45) is 4.00. The van der Waals surface area contributed by atoms with Crippen molar-refractivity contribution in [2.24, 2.45) is 0 Å². The van der Waals surface area contributed by atoms with Gasteiger partial charge in [-0.05, 0) is 25.5 Å². The molecule has 1 amide bonds. The van der Waals surface area contributed by atoms with Crippen molar-refractivity contribution < 1.29 is 4.79 Å². The van der Waals surface area contributed by atoms with Crippen LogP contribution in [0.5, 0.6) is 0 Å². The summed E-state index contributed by atoms with van der Waals surface area (Å²) in [5, 5.41) is 13.4. The van der Waals surface area contributed by atoms with Crippen LogP contribution in [0.2, 0.25) is 0 Å². The van der Waals surface area contributed by atoms with Crippen LogP contribution in [0, 0.1) is 6.92 Å². The molecule has 1 saturated heterocycles. The average molecular weight is 350 g/mol. The smallest absolute Gasteiger partial charge is 0.276 e. The normalized spacial score (nSPS) is 16.7. The van der Waals surface area contributed by atoms with Crippen LogP contribution in [0.1, 0.15) is 22.6 Å². The molecule has 1 fully saturated rings. The molecule has 3 aromatic heterocycles. The van der Waals surface area contributed by atoms with E-state index in [4.69, 9.17) is 0 Å². The van der Waals surface area contributed by atoms with E-state index in [0.717, 1.165) is 23.6 Å². The molecule has 9 nitrogen and oxygen atoms in total. The predicted molar refractivity (Wildman–Crippen MR) is 94.3 cm³/mol. The Labute approximate surface area is 149 Å². The van der Waals surface area contributed by atoms with Crippen LogP contribution in [0.3, 0.4) is 0 Å². The molecular weight excluding hydrogens is 332 g/mol. The molecule has 1 atom stereocenters. The van der Waals surface area contributed by atoms with Crippen LogP contribution in [0.15, 0.2) is 36.7 Å². The summed E-state index contributed by atoms with van der Waals surface area (Å²) < 4.78 is 0. The molecule has 26 heavy (non-hydrogen) atoms. The molecule has 0 unspecified atom stereocenters. The lowest BCUT2D eigenvalue weighted by Crippen LogP contribution is -2.32. The van der Waals surface area contributed by atoms with Gasteiger partial charge in [0.25, 0.3) is 5.91 Å². The quantitative estimate of drug-likeness (QED) is 0.729. The molecule has 0 aliphatic carbocycles. The number of anilines is 1. The number of hydrogen-bond acceptors (Lipinski definition) is 7. The molecule has 2 N–H and O–H groups in total. The highest BCUT2D eigenvalue weighted by Crippen LogP contribution is 2.19. The van der Waals surface area contributed by atoms with Gasteiger partial charge in [0, 0.05) is 37.1 Å². The summed E-state index contributed by atoms with van der Waals surface area (Å²) in [7, 11) is 0. The Morgan fingerprint density at radius 1 is 1.35 bits per heavy atom. The zero-order valence-electron chi connectivity index (χ0n) is 14.3. The van der Waals surface area contributed by atoms with Gasteiger partial charge in [-0.2, -0.15) is 15.4 Å². The van der Waals surface area contributed by atoms with E-state index < -0.39 is 0 Å². The summed E-state index contributed by atoms with van der Waals surface area (Å²) >= 11 is 0. The van der Waals surface area contributed by atoms with Gasteiger partial charge in [-0.1, -0.05) is 6.07 Å². The maximum absolute atomic E-state index is 12.3. The largest absolute Gasteiger partial charge is 0.365 e. The number of carbonyl (C=O) groups excluding carboxylic acids is 1. The van der Waals surface area contributed by atoms with Gasteiger partial charge in [0.05, 0.1) is 6.20 Å². The highest BCUT2D eigenvalue weighted by molar-refractivity contribution is 5.92. The van der Waals surface area contributed by atoms with E-state index in [1.165, 1.54) is 6.20 Å². The topological polar surface area (TPSA) is 113 Å². The number of amides is 1. The fourth-order valence-corrected chi connectivity index (χ4v) is 2.99. The third-order valence-electron chi connectivity index (χ3n) is 4.21. The van der Waals surface area contributed by atoms with Gasteiger partial charge in [0.2, 0.25) is 0 Å². The van der Waals surface area contributed by atoms with Crippen LogP contribution in [-0.2, 0) is 0 Å². The second kappa shape index (κ2) is 6.87. The molecule has 3 aromatic rings. The number of H-pyrrole nitrogens is 1. The average Bonchev–Trinajstić information content (AvgIpc) is 3.33. The Hall–Kier alpha value is -3.36. The molecule has 9 heteroatoms. The first-order valence-electron chi connectivity index (χ1n) is 8.38. The van der Waals surface area contributed by atoms with E-state index in [1.807, 2.05) is 31.2 Å². The van der Waals surface area contributed by atoms with Gasteiger partial charge >= 0.3 is 0 Å². The number of nitrogens with one attached hydrogen (secondary N) is 2. The minimum atomic E-state index is -0.115. The van der Waals surface area contributed by atoms with Crippen molar-refractivity contribution >= 4 is 11.7 Å². The van der Waals surface area contributed by atoms with Crippen molar-refractivity contribution in [1.82, 2.24) is 35.3 Å². The molecule has 1 aliphatic rings. The van der Waals surface area contributed by atoms with Crippen LogP contribution >= 0.6 is 0 Å². The number of likely N-dealkylation sites (tertiary alicyclic amines) is 1. The molecule has 0 saturated carbocycles. The van der Waals surface area contributed by atoms with Crippen molar-refractivity contribution in [2.75, 3.05) is 18.4 Å². The summed E-state index contributed by atoms with van der Waals surface area (Å²) in [6, 6.07) is 7.67. The van der Waals surface area contributed by atoms with Crippen molar-refractivity contribution in [3.8, 4) is 11.5 Å². The molecular formula is C17H18N8O. The van der Waals surface area contributed by atoms with Gasteiger partial charge in [0.1, 0.15) is 11.5 Å². The van der Waals surface area contributed by atoms with E-state index in [-0.39, 0.29) is 11.9 Å². The van der Waals surface area contributed by atoms with E-state index in [2.05, 4.69) is 35.7 Å². The molecule has 1 aliphatic heterocycles. The first-order valence-corrected chi connectivity index (χ1v) is 8.38. The fourth-order valence-electron chi connectivity index (χ4n) is 2.99. The van der Waals surface area contributed by atoms with Crippen LogP contribution in [0.25, 0.3) is 11.5 Å². The minimum absolute atomic E-state index is 0.115. The lowest BCUT2D eigenvalue weighted by Gasteiger charge is -2.16. The van der Waals surface area contributed by atoms with E-state index in [1.54, 1.807) is 11.1 Å². The van der Waals surface area contributed by atoms with Crippen molar-refractivity contribution in [2.45, 2.75) is 19.4 Å². The number of nitrogens with zero attached hydrogens (tertiary/aromatic N) is 6. The molecule has 0 aromatic carbocycles. The van der Waals surface area contributed by atoms with E-state index in [0.29, 0.717) is 24.6 Å². The number of aromatic nitrogens is 6. The molecule has 4 heterocycles. The third kappa shape index (κ3) is 3.37. The molecule has 0 radical (unpaired) electrons.